The first-order valence-corrected chi connectivity index (χ1v) is 7.39. The normalized spacial score (nSPS) is 19.4. The van der Waals surface area contributed by atoms with Gasteiger partial charge in [-0.25, -0.2) is 0 Å². The summed E-state index contributed by atoms with van der Waals surface area (Å²) in [4.78, 5) is 14.6. The Labute approximate surface area is 125 Å². The Kier molecular flexibility index (Phi) is 3.65. The van der Waals surface area contributed by atoms with Gasteiger partial charge in [-0.2, -0.15) is 0 Å². The van der Waals surface area contributed by atoms with Crippen molar-refractivity contribution in [1.82, 2.24) is 0 Å². The Morgan fingerprint density at radius 2 is 1.76 bits per heavy atom. The summed E-state index contributed by atoms with van der Waals surface area (Å²) in [6.45, 7) is 4.13. The second kappa shape index (κ2) is 5.60. The van der Waals surface area contributed by atoms with Crippen LogP contribution in [-0.2, 0) is 4.79 Å². The van der Waals surface area contributed by atoms with E-state index in [-0.39, 0.29) is 18.0 Å². The monoisotopic (exact) mass is 280 g/mol. The number of nitrogens with one attached hydrogen (secondary N) is 1. The molecule has 1 N–H and O–H groups in total. The van der Waals surface area contributed by atoms with Crippen molar-refractivity contribution in [2.45, 2.75) is 32.4 Å². The summed E-state index contributed by atoms with van der Waals surface area (Å²) >= 11 is 0. The number of benzene rings is 2. The lowest BCUT2D eigenvalue weighted by atomic mass is 10.1. The molecular weight excluding hydrogens is 260 g/mol. The van der Waals surface area contributed by atoms with Crippen LogP contribution in [0.5, 0.6) is 0 Å². The third-order valence-corrected chi connectivity index (χ3v) is 3.98. The summed E-state index contributed by atoms with van der Waals surface area (Å²) < 4.78 is 0. The van der Waals surface area contributed by atoms with Gasteiger partial charge in [-0.15, -0.1) is 0 Å². The van der Waals surface area contributed by atoms with Gasteiger partial charge in [0.25, 0.3) is 0 Å². The van der Waals surface area contributed by atoms with Crippen LogP contribution in [0.3, 0.4) is 0 Å². The minimum Gasteiger partial charge on any atom is -0.380 e. The quantitative estimate of drug-likeness (QED) is 0.902. The van der Waals surface area contributed by atoms with Crippen LogP contribution in [0.4, 0.5) is 11.4 Å². The smallest absolute Gasteiger partial charge is 0.229 e. The molecule has 1 aliphatic heterocycles. The molecule has 0 aliphatic carbocycles. The third kappa shape index (κ3) is 2.64. The van der Waals surface area contributed by atoms with Gasteiger partial charge in [-0.3, -0.25) is 4.79 Å². The highest BCUT2D eigenvalue weighted by molar-refractivity contribution is 5.99. The summed E-state index contributed by atoms with van der Waals surface area (Å²) in [6.07, 6.45) is 0.506. The number of para-hydroxylation sites is 2. The maximum atomic E-state index is 12.7. The van der Waals surface area contributed by atoms with E-state index in [1.54, 1.807) is 0 Å². The van der Waals surface area contributed by atoms with Crippen LogP contribution in [0.1, 0.15) is 31.9 Å². The molecule has 1 amide bonds. The molecule has 0 fully saturated rings. The molecule has 3 heteroatoms. The van der Waals surface area contributed by atoms with E-state index in [1.165, 1.54) is 0 Å². The molecule has 0 aromatic heterocycles. The second-order valence-corrected chi connectivity index (χ2v) is 5.62. The van der Waals surface area contributed by atoms with Gasteiger partial charge in [-0.05, 0) is 31.5 Å². The summed E-state index contributed by atoms with van der Waals surface area (Å²) in [5.41, 5.74) is 3.14. The van der Waals surface area contributed by atoms with Crippen molar-refractivity contribution >= 4 is 17.3 Å². The molecule has 1 aliphatic rings. The highest BCUT2D eigenvalue weighted by Crippen LogP contribution is 2.36. The number of fused-ring (bicyclic) bond motifs is 1. The van der Waals surface area contributed by atoms with Crippen LogP contribution in [-0.4, -0.2) is 11.9 Å². The number of amides is 1. The number of nitrogens with zero attached hydrogens (tertiary/aromatic N) is 1. The molecule has 0 unspecified atom stereocenters. The van der Waals surface area contributed by atoms with Gasteiger partial charge >= 0.3 is 0 Å². The van der Waals surface area contributed by atoms with Crippen molar-refractivity contribution in [3.8, 4) is 0 Å². The number of anilines is 2. The van der Waals surface area contributed by atoms with E-state index in [2.05, 4.69) is 24.4 Å². The fourth-order valence-corrected chi connectivity index (χ4v) is 2.92. The average Bonchev–Trinajstić information content (AvgIpc) is 2.62. The van der Waals surface area contributed by atoms with E-state index in [0.717, 1.165) is 16.9 Å². The minimum absolute atomic E-state index is 0.0203. The zero-order chi connectivity index (χ0) is 14.8. The van der Waals surface area contributed by atoms with Crippen molar-refractivity contribution in [2.24, 2.45) is 0 Å². The predicted molar refractivity (Wildman–Crippen MR) is 86.5 cm³/mol. The van der Waals surface area contributed by atoms with Crippen molar-refractivity contribution in [2.75, 3.05) is 10.2 Å². The molecule has 0 saturated heterocycles. The molecule has 0 bridgehead atoms. The van der Waals surface area contributed by atoms with Crippen LogP contribution < -0.4 is 10.2 Å². The van der Waals surface area contributed by atoms with Crippen molar-refractivity contribution in [3.63, 3.8) is 0 Å². The van der Waals surface area contributed by atoms with E-state index in [4.69, 9.17) is 0 Å². The Hall–Kier alpha value is -2.29. The Morgan fingerprint density at radius 3 is 2.52 bits per heavy atom. The topological polar surface area (TPSA) is 32.3 Å². The molecule has 0 radical (unpaired) electrons. The molecule has 21 heavy (non-hydrogen) atoms. The molecular formula is C18H20N2O. The Bertz CT molecular complexity index is 639. The van der Waals surface area contributed by atoms with Gasteiger partial charge in [-0.1, -0.05) is 42.5 Å². The number of carbonyl (C=O) groups is 1. The molecule has 0 saturated carbocycles. The maximum absolute atomic E-state index is 12.7. The maximum Gasteiger partial charge on any atom is 0.229 e. The number of rotatable bonds is 2. The second-order valence-electron chi connectivity index (χ2n) is 5.62. The lowest BCUT2D eigenvalue weighted by molar-refractivity contribution is -0.119. The van der Waals surface area contributed by atoms with Gasteiger partial charge in [0.2, 0.25) is 5.91 Å². The van der Waals surface area contributed by atoms with Crippen LogP contribution in [0.15, 0.2) is 54.6 Å². The lowest BCUT2D eigenvalue weighted by Gasteiger charge is -2.29. The molecule has 3 rings (SSSR count). The SMILES string of the molecule is C[C@H]1CC(=O)N([C@@H](C)c2ccccc2)c2ccccc2N1. The summed E-state index contributed by atoms with van der Waals surface area (Å²) in [5.74, 6) is 0.163. The van der Waals surface area contributed by atoms with Crippen LogP contribution >= 0.6 is 0 Å². The standard InChI is InChI=1S/C18H20N2O/c1-13-12-18(21)20(14(2)15-8-4-3-5-9-15)17-11-7-6-10-16(17)19-13/h3-11,13-14,19H,12H2,1-2H3/t13-,14-/m0/s1. The fraction of sp³-hybridized carbons (Fsp3) is 0.278. The first-order chi connectivity index (χ1) is 10.2. The van der Waals surface area contributed by atoms with Crippen molar-refractivity contribution in [3.05, 3.63) is 60.2 Å². The Morgan fingerprint density at radius 1 is 1.10 bits per heavy atom. The van der Waals surface area contributed by atoms with Gasteiger partial charge in [0.05, 0.1) is 17.4 Å². The van der Waals surface area contributed by atoms with Gasteiger partial charge in [0.15, 0.2) is 0 Å². The summed E-state index contributed by atoms with van der Waals surface area (Å²) in [7, 11) is 0. The number of hydrogen-bond acceptors (Lipinski definition) is 2. The first-order valence-electron chi connectivity index (χ1n) is 7.39. The molecule has 2 atom stereocenters. The van der Waals surface area contributed by atoms with Crippen LogP contribution in [0, 0.1) is 0 Å². The Balaban J connectivity index is 2.05. The zero-order valence-corrected chi connectivity index (χ0v) is 12.4. The van der Waals surface area contributed by atoms with Crippen molar-refractivity contribution in [1.29, 1.82) is 0 Å². The first kappa shape index (κ1) is 13.7. The van der Waals surface area contributed by atoms with E-state index in [1.807, 2.05) is 54.3 Å². The number of carbonyl (C=O) groups excluding carboxylic acids is 1. The lowest BCUT2D eigenvalue weighted by Crippen LogP contribution is -2.34. The molecule has 1 heterocycles. The largest absolute Gasteiger partial charge is 0.380 e. The highest BCUT2D eigenvalue weighted by atomic mass is 16.2. The van der Waals surface area contributed by atoms with Gasteiger partial charge in [0, 0.05) is 12.5 Å². The predicted octanol–water partition coefficient (Wildman–Crippen LogP) is 3.98. The third-order valence-electron chi connectivity index (χ3n) is 3.98. The van der Waals surface area contributed by atoms with E-state index in [9.17, 15) is 4.79 Å². The minimum atomic E-state index is 0.0203. The summed E-state index contributed by atoms with van der Waals surface area (Å²) in [6, 6.07) is 18.4. The fourth-order valence-electron chi connectivity index (χ4n) is 2.92. The van der Waals surface area contributed by atoms with Crippen LogP contribution in [0.25, 0.3) is 0 Å². The van der Waals surface area contributed by atoms with E-state index < -0.39 is 0 Å². The zero-order valence-electron chi connectivity index (χ0n) is 12.4. The molecule has 0 spiro atoms. The van der Waals surface area contributed by atoms with Crippen molar-refractivity contribution < 1.29 is 4.79 Å². The van der Waals surface area contributed by atoms with Gasteiger partial charge < -0.3 is 10.2 Å². The molecule has 2 aromatic carbocycles. The molecule has 3 nitrogen and oxygen atoms in total. The highest BCUT2D eigenvalue weighted by Gasteiger charge is 2.29. The number of hydrogen-bond donors (Lipinski definition) is 1. The van der Waals surface area contributed by atoms with Crippen LogP contribution in [0.2, 0.25) is 0 Å². The van der Waals surface area contributed by atoms with E-state index in [0.29, 0.717) is 6.42 Å². The summed E-state index contributed by atoms with van der Waals surface area (Å²) in [5, 5.41) is 3.43. The molecule has 2 aromatic rings. The average molecular weight is 280 g/mol. The van der Waals surface area contributed by atoms with Gasteiger partial charge in [0.1, 0.15) is 0 Å². The van der Waals surface area contributed by atoms with E-state index >= 15 is 0 Å². The molecule has 108 valence electrons.